The summed E-state index contributed by atoms with van der Waals surface area (Å²) in [6, 6.07) is 16.6. The van der Waals surface area contributed by atoms with Crippen molar-refractivity contribution in [3.05, 3.63) is 101 Å². The number of rotatable bonds is 18. The largest absolute Gasteiger partial charge is 0.420 e. The number of hydrogen-bond acceptors (Lipinski definition) is 7. The average molecular weight is 731 g/mol. The van der Waals surface area contributed by atoms with E-state index in [2.05, 4.69) is 5.32 Å². The van der Waals surface area contributed by atoms with Crippen LogP contribution in [0.5, 0.6) is 5.75 Å². The van der Waals surface area contributed by atoms with Crippen LogP contribution in [0, 0.1) is 46.8 Å². The smallest absolute Gasteiger partial charge is 0.315 e. The average Bonchev–Trinajstić information content (AvgIpc) is 3.13. The third-order valence-corrected chi connectivity index (χ3v) is 8.86. The summed E-state index contributed by atoms with van der Waals surface area (Å²) in [4.78, 5) is 56.3. The fourth-order valence-corrected chi connectivity index (χ4v) is 6.07. The Kier molecular flexibility index (Phi) is 15.0. The predicted octanol–water partition coefficient (Wildman–Crippen LogP) is 6.18. The molecule has 1 fully saturated rings. The first-order valence-electron chi connectivity index (χ1n) is 17.3. The van der Waals surface area contributed by atoms with Gasteiger partial charge in [-0.1, -0.05) is 74.5 Å². The highest BCUT2D eigenvalue weighted by atomic mass is 19.2. The standard InChI is InChI=1S/C39H43F5N2O6/c1-24(2)19-30(45-38(49)27(14-13-25-9-5-3-6-10-25)21-29(47)23-46-15-17-51-18-16-46)31(48)22-28(20-26-11-7-4-8-12-26)39(50)52-37-35(43)33(41)32(40)34(42)36(37)44/h3-12,24,27-28,30H,13-23H2,1-2H3,(H,45,49)/t27-,28-,30+/m1/s1. The molecule has 0 aromatic heterocycles. The lowest BCUT2D eigenvalue weighted by molar-refractivity contribution is -0.142. The lowest BCUT2D eigenvalue weighted by Crippen LogP contribution is -2.46. The van der Waals surface area contributed by atoms with Gasteiger partial charge in [0.05, 0.1) is 31.7 Å². The van der Waals surface area contributed by atoms with Crippen LogP contribution in [-0.2, 0) is 36.8 Å². The Morgan fingerprint density at radius 1 is 0.769 bits per heavy atom. The van der Waals surface area contributed by atoms with Crippen molar-refractivity contribution >= 4 is 23.4 Å². The summed E-state index contributed by atoms with van der Waals surface area (Å²) in [5.41, 5.74) is 1.49. The summed E-state index contributed by atoms with van der Waals surface area (Å²) < 4.78 is 80.5. The molecule has 1 saturated heterocycles. The normalized spacial score (nSPS) is 15.2. The van der Waals surface area contributed by atoms with Crippen molar-refractivity contribution in [3.63, 3.8) is 0 Å². The number of amides is 1. The van der Waals surface area contributed by atoms with Gasteiger partial charge in [-0.2, -0.15) is 8.78 Å². The third kappa shape index (κ3) is 11.5. The van der Waals surface area contributed by atoms with Gasteiger partial charge in [-0.25, -0.2) is 13.2 Å². The number of halogens is 5. The maximum absolute atomic E-state index is 14.5. The second-order valence-corrected chi connectivity index (χ2v) is 13.4. The van der Waals surface area contributed by atoms with E-state index >= 15 is 0 Å². The fraction of sp³-hybridized carbons (Fsp3) is 0.436. The van der Waals surface area contributed by atoms with E-state index in [1.165, 1.54) is 0 Å². The van der Waals surface area contributed by atoms with Gasteiger partial charge in [-0.05, 0) is 42.7 Å². The van der Waals surface area contributed by atoms with Gasteiger partial charge < -0.3 is 14.8 Å². The van der Waals surface area contributed by atoms with E-state index in [-0.39, 0.29) is 37.5 Å². The van der Waals surface area contributed by atoms with Crippen molar-refractivity contribution in [2.75, 3.05) is 32.8 Å². The molecule has 0 spiro atoms. The van der Waals surface area contributed by atoms with Gasteiger partial charge in [0.1, 0.15) is 5.78 Å². The molecule has 3 aromatic carbocycles. The fourth-order valence-electron chi connectivity index (χ4n) is 6.07. The molecule has 3 atom stereocenters. The zero-order chi connectivity index (χ0) is 37.8. The summed E-state index contributed by atoms with van der Waals surface area (Å²) in [6.07, 6.45) is 0.129. The minimum atomic E-state index is -2.41. The van der Waals surface area contributed by atoms with Crippen LogP contribution in [0.1, 0.15) is 50.7 Å². The van der Waals surface area contributed by atoms with Gasteiger partial charge >= 0.3 is 5.97 Å². The Labute approximate surface area is 299 Å². The molecule has 1 amide bonds. The number of benzene rings is 3. The Balaban J connectivity index is 1.55. The van der Waals surface area contributed by atoms with Gasteiger partial charge in [0.25, 0.3) is 0 Å². The maximum Gasteiger partial charge on any atom is 0.315 e. The zero-order valence-electron chi connectivity index (χ0n) is 29.1. The molecule has 3 aromatic rings. The van der Waals surface area contributed by atoms with E-state index in [0.717, 1.165) is 5.56 Å². The first kappa shape index (κ1) is 40.3. The maximum atomic E-state index is 14.5. The minimum absolute atomic E-state index is 0.0660. The number of aryl methyl sites for hydroxylation is 1. The highest BCUT2D eigenvalue weighted by Gasteiger charge is 2.34. The minimum Gasteiger partial charge on any atom is -0.420 e. The van der Waals surface area contributed by atoms with Gasteiger partial charge in [0.2, 0.25) is 40.7 Å². The SMILES string of the molecule is CC(C)C[C@H](NC(=O)[C@H](CCc1ccccc1)CC(=O)CN1CCOCC1)C(=O)C[C@@H](Cc1ccccc1)C(=O)Oc1c(F)c(F)c(F)c(F)c1F. The molecule has 13 heteroatoms. The number of morpholine rings is 1. The molecule has 4 rings (SSSR count). The first-order valence-corrected chi connectivity index (χ1v) is 17.3. The molecule has 1 heterocycles. The van der Waals surface area contributed by atoms with Crippen LogP contribution >= 0.6 is 0 Å². The van der Waals surface area contributed by atoms with Gasteiger partial charge in [0.15, 0.2) is 5.78 Å². The molecule has 0 unspecified atom stereocenters. The molecule has 0 radical (unpaired) electrons. The number of carbonyl (C=O) groups is 4. The van der Waals surface area contributed by atoms with E-state index in [1.807, 2.05) is 49.1 Å². The van der Waals surface area contributed by atoms with Gasteiger partial charge in [-0.3, -0.25) is 24.1 Å². The van der Waals surface area contributed by atoms with Crippen molar-refractivity contribution in [1.82, 2.24) is 10.2 Å². The topological polar surface area (TPSA) is 102 Å². The molecule has 52 heavy (non-hydrogen) atoms. The van der Waals surface area contributed by atoms with Crippen LogP contribution in [0.4, 0.5) is 22.0 Å². The number of Topliss-reactive ketones (excluding diaryl/α,β-unsaturated/α-hetero) is 2. The van der Waals surface area contributed by atoms with Crippen molar-refractivity contribution in [2.45, 2.75) is 58.4 Å². The second kappa shape index (κ2) is 19.4. The summed E-state index contributed by atoms with van der Waals surface area (Å²) >= 11 is 0. The lowest BCUT2D eigenvalue weighted by atomic mass is 9.88. The molecule has 8 nitrogen and oxygen atoms in total. The van der Waals surface area contributed by atoms with Crippen molar-refractivity contribution in [1.29, 1.82) is 0 Å². The highest BCUT2D eigenvalue weighted by molar-refractivity contribution is 5.94. The van der Waals surface area contributed by atoms with Crippen LogP contribution in [0.2, 0.25) is 0 Å². The Bertz CT molecular complexity index is 1660. The van der Waals surface area contributed by atoms with Crippen LogP contribution in [0.15, 0.2) is 60.7 Å². The molecule has 0 bridgehead atoms. The molecule has 280 valence electrons. The molecule has 1 N–H and O–H groups in total. The van der Waals surface area contributed by atoms with Crippen molar-refractivity contribution < 1.29 is 50.6 Å². The monoisotopic (exact) mass is 730 g/mol. The number of esters is 1. The number of nitrogens with zero attached hydrogens (tertiary/aromatic N) is 1. The van der Waals surface area contributed by atoms with E-state index < -0.39 is 76.8 Å². The highest BCUT2D eigenvalue weighted by Crippen LogP contribution is 2.31. The lowest BCUT2D eigenvalue weighted by Gasteiger charge is -2.27. The van der Waals surface area contributed by atoms with Crippen LogP contribution in [0.25, 0.3) is 0 Å². The van der Waals surface area contributed by atoms with Crippen molar-refractivity contribution in [3.8, 4) is 5.75 Å². The zero-order valence-corrected chi connectivity index (χ0v) is 29.1. The number of ether oxygens (including phenoxy) is 2. The summed E-state index contributed by atoms with van der Waals surface area (Å²) in [5, 5.41) is 2.80. The Morgan fingerprint density at radius 2 is 1.33 bits per heavy atom. The second-order valence-electron chi connectivity index (χ2n) is 13.4. The quantitative estimate of drug-likeness (QED) is 0.0549. The van der Waals surface area contributed by atoms with E-state index in [0.29, 0.717) is 44.7 Å². The van der Waals surface area contributed by atoms with E-state index in [9.17, 15) is 41.1 Å². The van der Waals surface area contributed by atoms with Gasteiger partial charge in [0, 0.05) is 31.8 Å². The number of nitrogens with one attached hydrogen (secondary N) is 1. The van der Waals surface area contributed by atoms with Crippen molar-refractivity contribution in [2.24, 2.45) is 17.8 Å². The van der Waals surface area contributed by atoms with Crippen LogP contribution in [0.3, 0.4) is 0 Å². The summed E-state index contributed by atoms with van der Waals surface area (Å²) in [6.45, 7) is 5.99. The van der Waals surface area contributed by atoms with Gasteiger partial charge in [-0.15, -0.1) is 0 Å². The molecule has 0 aliphatic carbocycles. The molecular weight excluding hydrogens is 687 g/mol. The Hall–Kier alpha value is -4.49. The summed E-state index contributed by atoms with van der Waals surface area (Å²) in [7, 11) is 0. The summed E-state index contributed by atoms with van der Waals surface area (Å²) in [5.74, 6) is -18.4. The number of carbonyl (C=O) groups excluding carboxylic acids is 4. The number of ketones is 2. The molecule has 1 aliphatic rings. The molecule has 0 saturated carbocycles. The van der Waals surface area contributed by atoms with E-state index in [1.54, 1.807) is 30.3 Å². The Morgan fingerprint density at radius 3 is 1.90 bits per heavy atom. The number of hydrogen-bond donors (Lipinski definition) is 1. The van der Waals surface area contributed by atoms with E-state index in [4.69, 9.17) is 9.47 Å². The van der Waals surface area contributed by atoms with Crippen LogP contribution < -0.4 is 10.1 Å². The first-order chi connectivity index (χ1) is 24.8. The van der Waals surface area contributed by atoms with Crippen LogP contribution in [-0.4, -0.2) is 67.2 Å². The third-order valence-electron chi connectivity index (χ3n) is 8.86. The molecular formula is C39H43F5N2O6. The predicted molar refractivity (Wildman–Crippen MR) is 182 cm³/mol. The molecule has 1 aliphatic heterocycles.